The van der Waals surface area contributed by atoms with Gasteiger partial charge in [-0.25, -0.2) is 4.79 Å². The number of carboxylic acids is 1. The van der Waals surface area contributed by atoms with Crippen molar-refractivity contribution in [2.45, 2.75) is 199 Å². The van der Waals surface area contributed by atoms with Crippen LogP contribution >= 0.6 is 0 Å². The van der Waals surface area contributed by atoms with Gasteiger partial charge in [-0.1, -0.05) is 142 Å². The number of carbonyl (C=O) groups excluding carboxylic acids is 2. The van der Waals surface area contributed by atoms with Crippen molar-refractivity contribution in [1.29, 1.82) is 0 Å². The monoisotopic (exact) mass is 711 g/mol. The van der Waals surface area contributed by atoms with E-state index >= 15 is 0 Å². The Hall–Kier alpha value is -1.93. The zero-order chi connectivity index (χ0) is 37.1. The number of unbranched alkanes of at least 4 members (excludes halogenated alkanes) is 21. The number of esters is 2. The summed E-state index contributed by atoms with van der Waals surface area (Å²) in [6.45, 7) is 4.70. The van der Waals surface area contributed by atoms with E-state index in [9.17, 15) is 19.5 Å². The van der Waals surface area contributed by atoms with Gasteiger partial charge < -0.3 is 23.8 Å². The fraction of sp³-hybridized carbons (Fsp3) is 0.881. The van der Waals surface area contributed by atoms with Gasteiger partial charge in [-0.3, -0.25) is 9.59 Å². The first kappa shape index (κ1) is 48.1. The molecule has 8 heteroatoms. The topological polar surface area (TPSA) is 99.1 Å². The van der Waals surface area contributed by atoms with E-state index in [1.807, 2.05) is 21.1 Å². The standard InChI is InChI=1S/C42H79NO7/c1-6-8-10-12-14-16-17-18-19-20-21-22-23-24-25-27-29-31-33-41(45)50-38(36-48-35-34-39(42(46)47)43(3,4)5)37-49-40(44)32-30-28-26-15-13-11-9-7-2/h21-22,38-39H,6-20,23-37H2,1-5H3/p+1/b22-21+. The van der Waals surface area contributed by atoms with Crippen LogP contribution in [-0.2, 0) is 28.6 Å². The van der Waals surface area contributed by atoms with Crippen LogP contribution in [0.15, 0.2) is 12.2 Å². The largest absolute Gasteiger partial charge is 0.477 e. The molecule has 0 aromatic carbocycles. The SMILES string of the molecule is CCCCCCCCCCC/C=C/CCCCCCCC(=O)OC(COCCC(C(=O)O)[N+](C)(C)C)COC(=O)CCCCCCCCCC. The van der Waals surface area contributed by atoms with E-state index in [1.54, 1.807) is 0 Å². The number of rotatable bonds is 37. The van der Waals surface area contributed by atoms with Crippen LogP contribution in [0, 0.1) is 0 Å². The summed E-state index contributed by atoms with van der Waals surface area (Å²) in [5.74, 6) is -1.47. The number of nitrogens with zero attached hydrogens (tertiary/aromatic N) is 1. The molecule has 0 aromatic heterocycles. The molecule has 0 aliphatic heterocycles. The number of carbonyl (C=O) groups is 3. The highest BCUT2D eigenvalue weighted by Gasteiger charge is 2.31. The Morgan fingerprint density at radius 1 is 0.580 bits per heavy atom. The van der Waals surface area contributed by atoms with E-state index in [1.165, 1.54) is 103 Å². The summed E-state index contributed by atoms with van der Waals surface area (Å²) in [5.41, 5.74) is 0. The average Bonchev–Trinajstić information content (AvgIpc) is 3.06. The Balaban J connectivity index is 4.30. The van der Waals surface area contributed by atoms with Gasteiger partial charge in [-0.15, -0.1) is 0 Å². The molecule has 0 saturated heterocycles. The summed E-state index contributed by atoms with van der Waals surface area (Å²) >= 11 is 0. The normalized spacial score (nSPS) is 13.1. The maximum absolute atomic E-state index is 12.7. The number of aliphatic carboxylic acids is 1. The minimum Gasteiger partial charge on any atom is -0.477 e. The molecule has 0 bridgehead atoms. The Labute approximate surface area is 308 Å². The molecular formula is C42H80NO7+. The van der Waals surface area contributed by atoms with Crippen molar-refractivity contribution < 1.29 is 38.2 Å². The molecule has 2 unspecified atom stereocenters. The third-order valence-corrected chi connectivity index (χ3v) is 9.41. The van der Waals surface area contributed by atoms with Crippen LogP contribution in [0.5, 0.6) is 0 Å². The lowest BCUT2D eigenvalue weighted by Gasteiger charge is -2.31. The fourth-order valence-corrected chi connectivity index (χ4v) is 6.14. The Morgan fingerprint density at radius 3 is 1.44 bits per heavy atom. The molecule has 0 aromatic rings. The Bertz CT molecular complexity index is 838. The van der Waals surface area contributed by atoms with Gasteiger partial charge in [0.15, 0.2) is 12.1 Å². The van der Waals surface area contributed by atoms with Gasteiger partial charge in [0.2, 0.25) is 0 Å². The van der Waals surface area contributed by atoms with E-state index in [-0.39, 0.29) is 36.2 Å². The van der Waals surface area contributed by atoms with Crippen LogP contribution in [-0.4, -0.2) is 80.6 Å². The minimum absolute atomic E-state index is 0.0497. The van der Waals surface area contributed by atoms with E-state index in [0.717, 1.165) is 51.4 Å². The lowest BCUT2D eigenvalue weighted by molar-refractivity contribution is -0.887. The van der Waals surface area contributed by atoms with Crippen LogP contribution in [0.3, 0.4) is 0 Å². The predicted octanol–water partition coefficient (Wildman–Crippen LogP) is 10.7. The highest BCUT2D eigenvalue weighted by Crippen LogP contribution is 2.14. The first-order valence-electron chi connectivity index (χ1n) is 20.7. The van der Waals surface area contributed by atoms with Crippen LogP contribution in [0.2, 0.25) is 0 Å². The molecule has 8 nitrogen and oxygen atoms in total. The lowest BCUT2D eigenvalue weighted by Crippen LogP contribution is -2.50. The first-order valence-corrected chi connectivity index (χ1v) is 20.7. The van der Waals surface area contributed by atoms with Gasteiger partial charge in [-0.2, -0.15) is 0 Å². The van der Waals surface area contributed by atoms with Crippen LogP contribution in [0.1, 0.15) is 187 Å². The molecule has 0 fully saturated rings. The zero-order valence-corrected chi connectivity index (χ0v) is 33.4. The Morgan fingerprint density at radius 2 is 1.00 bits per heavy atom. The van der Waals surface area contributed by atoms with E-state index in [4.69, 9.17) is 14.2 Å². The minimum atomic E-state index is -0.875. The zero-order valence-electron chi connectivity index (χ0n) is 33.4. The highest BCUT2D eigenvalue weighted by atomic mass is 16.6. The second-order valence-electron chi connectivity index (χ2n) is 15.2. The molecule has 294 valence electrons. The summed E-state index contributed by atoms with van der Waals surface area (Å²) in [4.78, 5) is 36.7. The summed E-state index contributed by atoms with van der Waals surface area (Å²) in [5, 5.41) is 9.58. The quantitative estimate of drug-likeness (QED) is 0.0296. The molecule has 0 rings (SSSR count). The van der Waals surface area contributed by atoms with Crippen LogP contribution in [0.4, 0.5) is 0 Å². The number of ether oxygens (including phenoxy) is 3. The van der Waals surface area contributed by atoms with Crippen molar-refractivity contribution >= 4 is 17.9 Å². The van der Waals surface area contributed by atoms with Crippen molar-refractivity contribution in [2.24, 2.45) is 0 Å². The second kappa shape index (κ2) is 34.2. The third kappa shape index (κ3) is 32.0. The van der Waals surface area contributed by atoms with Gasteiger partial charge in [0, 0.05) is 19.3 Å². The number of allylic oxidation sites excluding steroid dienone is 2. The number of hydrogen-bond acceptors (Lipinski definition) is 6. The highest BCUT2D eigenvalue weighted by molar-refractivity contribution is 5.72. The third-order valence-electron chi connectivity index (χ3n) is 9.41. The van der Waals surface area contributed by atoms with Gasteiger partial charge in [0.1, 0.15) is 6.61 Å². The second-order valence-corrected chi connectivity index (χ2v) is 15.2. The van der Waals surface area contributed by atoms with E-state index in [2.05, 4.69) is 26.0 Å². The fourth-order valence-electron chi connectivity index (χ4n) is 6.14. The summed E-state index contributed by atoms with van der Waals surface area (Å²) in [7, 11) is 5.52. The van der Waals surface area contributed by atoms with Crippen molar-refractivity contribution in [3.8, 4) is 0 Å². The van der Waals surface area contributed by atoms with E-state index < -0.39 is 18.1 Å². The molecule has 2 atom stereocenters. The summed E-state index contributed by atoms with van der Waals surface area (Å²) in [6.07, 6.45) is 34.0. The molecular weight excluding hydrogens is 630 g/mol. The first-order chi connectivity index (χ1) is 24.1. The number of hydrogen-bond donors (Lipinski definition) is 1. The van der Waals surface area contributed by atoms with Crippen LogP contribution in [0.25, 0.3) is 0 Å². The van der Waals surface area contributed by atoms with Crippen LogP contribution < -0.4 is 0 Å². The lowest BCUT2D eigenvalue weighted by atomic mass is 10.1. The van der Waals surface area contributed by atoms with Gasteiger partial charge in [-0.05, 0) is 38.5 Å². The maximum atomic E-state index is 12.7. The van der Waals surface area contributed by atoms with Crippen molar-refractivity contribution in [2.75, 3.05) is 41.0 Å². The van der Waals surface area contributed by atoms with Gasteiger partial charge in [0.25, 0.3) is 0 Å². The Kier molecular flexibility index (Phi) is 32.9. The summed E-state index contributed by atoms with van der Waals surface area (Å²) < 4.78 is 17.2. The molecule has 0 heterocycles. The van der Waals surface area contributed by atoms with Crippen molar-refractivity contribution in [3.05, 3.63) is 12.2 Å². The van der Waals surface area contributed by atoms with Gasteiger partial charge in [0.05, 0.1) is 34.4 Å². The molecule has 0 radical (unpaired) electrons. The molecule has 50 heavy (non-hydrogen) atoms. The maximum Gasteiger partial charge on any atom is 0.362 e. The van der Waals surface area contributed by atoms with E-state index in [0.29, 0.717) is 19.3 Å². The van der Waals surface area contributed by atoms with Gasteiger partial charge >= 0.3 is 17.9 Å². The predicted molar refractivity (Wildman–Crippen MR) is 206 cm³/mol. The number of likely N-dealkylation sites (N-methyl/N-ethyl adjacent to an activating group) is 1. The molecule has 0 amide bonds. The number of carboxylic acid groups (broad SMARTS) is 1. The molecule has 0 spiro atoms. The molecule has 1 N–H and O–H groups in total. The molecule has 0 aliphatic carbocycles. The summed E-state index contributed by atoms with van der Waals surface area (Å²) in [6, 6.07) is -0.610. The number of quaternary nitrogens is 1. The van der Waals surface area contributed by atoms with Crippen molar-refractivity contribution in [1.82, 2.24) is 0 Å². The molecule has 0 aliphatic rings. The van der Waals surface area contributed by atoms with Crippen molar-refractivity contribution in [3.63, 3.8) is 0 Å². The smallest absolute Gasteiger partial charge is 0.362 e. The molecule has 0 saturated carbocycles. The average molecular weight is 711 g/mol.